The number of halogens is 2. The molecule has 78 valence electrons. The first kappa shape index (κ1) is 10.5. The normalized spacial score (nSPS) is 10.6. The standard InChI is InChI=1S/C11H9ClFNS/c1-6-9(14)11(12)15-10(6)7-3-2-4-8(13)5-7/h2-5H,14H2,1H3. The van der Waals surface area contributed by atoms with Crippen molar-refractivity contribution in [2.45, 2.75) is 6.92 Å². The van der Waals surface area contributed by atoms with Gasteiger partial charge in [0.1, 0.15) is 10.2 Å². The molecule has 0 unspecified atom stereocenters. The van der Waals surface area contributed by atoms with Gasteiger partial charge in [0.05, 0.1) is 5.69 Å². The molecule has 0 amide bonds. The smallest absolute Gasteiger partial charge is 0.123 e. The highest BCUT2D eigenvalue weighted by atomic mass is 35.5. The molecule has 0 atom stereocenters. The summed E-state index contributed by atoms with van der Waals surface area (Å²) in [4.78, 5) is 0.928. The number of benzene rings is 1. The van der Waals surface area contributed by atoms with Crippen molar-refractivity contribution in [2.75, 3.05) is 5.73 Å². The van der Waals surface area contributed by atoms with E-state index in [0.717, 1.165) is 16.0 Å². The lowest BCUT2D eigenvalue weighted by atomic mass is 10.1. The van der Waals surface area contributed by atoms with Crippen LogP contribution < -0.4 is 5.73 Å². The Morgan fingerprint density at radius 1 is 1.40 bits per heavy atom. The number of hydrogen-bond acceptors (Lipinski definition) is 2. The SMILES string of the molecule is Cc1c(-c2cccc(F)c2)sc(Cl)c1N. The van der Waals surface area contributed by atoms with Crippen molar-refractivity contribution in [1.82, 2.24) is 0 Å². The third kappa shape index (κ3) is 1.85. The molecule has 1 aromatic heterocycles. The van der Waals surface area contributed by atoms with Crippen LogP contribution >= 0.6 is 22.9 Å². The van der Waals surface area contributed by atoms with Crippen LogP contribution in [-0.4, -0.2) is 0 Å². The molecule has 0 radical (unpaired) electrons. The van der Waals surface area contributed by atoms with Gasteiger partial charge in [-0.1, -0.05) is 23.7 Å². The summed E-state index contributed by atoms with van der Waals surface area (Å²) in [7, 11) is 0. The van der Waals surface area contributed by atoms with Gasteiger partial charge in [-0.2, -0.15) is 0 Å². The van der Waals surface area contributed by atoms with Gasteiger partial charge in [-0.25, -0.2) is 4.39 Å². The Morgan fingerprint density at radius 2 is 2.13 bits per heavy atom. The zero-order chi connectivity index (χ0) is 11.0. The van der Waals surface area contributed by atoms with E-state index in [4.69, 9.17) is 17.3 Å². The van der Waals surface area contributed by atoms with Crippen LogP contribution in [0.4, 0.5) is 10.1 Å². The van der Waals surface area contributed by atoms with E-state index >= 15 is 0 Å². The molecular formula is C11H9ClFNS. The monoisotopic (exact) mass is 241 g/mol. The first-order valence-electron chi connectivity index (χ1n) is 4.40. The predicted molar refractivity (Wildman–Crippen MR) is 63.9 cm³/mol. The average Bonchev–Trinajstić information content (AvgIpc) is 2.46. The van der Waals surface area contributed by atoms with E-state index in [1.807, 2.05) is 13.0 Å². The van der Waals surface area contributed by atoms with E-state index in [-0.39, 0.29) is 5.82 Å². The Bertz CT molecular complexity index is 507. The summed E-state index contributed by atoms with van der Waals surface area (Å²) in [5, 5.41) is 0. The zero-order valence-electron chi connectivity index (χ0n) is 8.05. The zero-order valence-corrected chi connectivity index (χ0v) is 9.62. The van der Waals surface area contributed by atoms with Crippen LogP contribution in [-0.2, 0) is 0 Å². The topological polar surface area (TPSA) is 26.0 Å². The van der Waals surface area contributed by atoms with Crippen LogP contribution in [0, 0.1) is 12.7 Å². The van der Waals surface area contributed by atoms with Crippen LogP contribution in [0.3, 0.4) is 0 Å². The van der Waals surface area contributed by atoms with Crippen molar-refractivity contribution >= 4 is 28.6 Å². The minimum Gasteiger partial charge on any atom is -0.397 e. The summed E-state index contributed by atoms with van der Waals surface area (Å²) in [5.41, 5.74) is 8.08. The maximum atomic E-state index is 13.0. The highest BCUT2D eigenvalue weighted by Gasteiger charge is 2.12. The lowest BCUT2D eigenvalue weighted by Crippen LogP contribution is -1.85. The van der Waals surface area contributed by atoms with Crippen molar-refractivity contribution in [3.8, 4) is 10.4 Å². The lowest BCUT2D eigenvalue weighted by Gasteiger charge is -1.99. The summed E-state index contributed by atoms with van der Waals surface area (Å²) in [6, 6.07) is 6.41. The first-order valence-corrected chi connectivity index (χ1v) is 5.59. The fraction of sp³-hybridized carbons (Fsp3) is 0.0909. The fourth-order valence-corrected chi connectivity index (χ4v) is 2.72. The van der Waals surface area contributed by atoms with E-state index in [9.17, 15) is 4.39 Å². The van der Waals surface area contributed by atoms with Crippen molar-refractivity contribution in [2.24, 2.45) is 0 Å². The number of nitrogens with two attached hydrogens (primary N) is 1. The van der Waals surface area contributed by atoms with Crippen LogP contribution in [0.2, 0.25) is 4.34 Å². The van der Waals surface area contributed by atoms with Gasteiger partial charge in [0.2, 0.25) is 0 Å². The lowest BCUT2D eigenvalue weighted by molar-refractivity contribution is 0.628. The number of anilines is 1. The highest BCUT2D eigenvalue weighted by molar-refractivity contribution is 7.20. The Hall–Kier alpha value is -1.06. The second-order valence-electron chi connectivity index (χ2n) is 3.25. The van der Waals surface area contributed by atoms with Gasteiger partial charge in [0, 0.05) is 4.88 Å². The maximum absolute atomic E-state index is 13.0. The Labute approximate surface area is 96.3 Å². The quantitative estimate of drug-likeness (QED) is 0.799. The largest absolute Gasteiger partial charge is 0.397 e. The summed E-state index contributed by atoms with van der Waals surface area (Å²) >= 11 is 7.30. The van der Waals surface area contributed by atoms with Gasteiger partial charge in [-0.05, 0) is 30.2 Å². The molecular weight excluding hydrogens is 233 g/mol. The summed E-state index contributed by atoms with van der Waals surface area (Å²) in [6.45, 7) is 1.89. The molecule has 0 aliphatic rings. The third-order valence-electron chi connectivity index (χ3n) is 2.23. The molecule has 2 N–H and O–H groups in total. The third-order valence-corrected chi connectivity index (χ3v) is 3.82. The molecule has 2 rings (SSSR count). The van der Waals surface area contributed by atoms with Crippen molar-refractivity contribution in [3.63, 3.8) is 0 Å². The van der Waals surface area contributed by atoms with E-state index in [2.05, 4.69) is 0 Å². The molecule has 15 heavy (non-hydrogen) atoms. The van der Waals surface area contributed by atoms with E-state index in [1.165, 1.54) is 23.5 Å². The number of thiophene rings is 1. The Morgan fingerprint density at radius 3 is 2.67 bits per heavy atom. The van der Waals surface area contributed by atoms with Gasteiger partial charge in [-0.15, -0.1) is 11.3 Å². The molecule has 0 aliphatic carbocycles. The predicted octanol–water partition coefficient (Wildman–Crippen LogP) is 4.10. The Balaban J connectivity index is 2.59. The summed E-state index contributed by atoms with van der Waals surface area (Å²) in [6.07, 6.45) is 0. The van der Waals surface area contributed by atoms with Gasteiger partial charge in [0.15, 0.2) is 0 Å². The van der Waals surface area contributed by atoms with Crippen molar-refractivity contribution in [1.29, 1.82) is 0 Å². The van der Waals surface area contributed by atoms with Crippen molar-refractivity contribution in [3.05, 3.63) is 40.0 Å². The fourth-order valence-electron chi connectivity index (χ4n) is 1.40. The number of nitrogen functional groups attached to an aromatic ring is 1. The molecule has 0 bridgehead atoms. The van der Waals surface area contributed by atoms with Crippen LogP contribution in [0.1, 0.15) is 5.56 Å². The minimum atomic E-state index is -0.255. The summed E-state index contributed by atoms with van der Waals surface area (Å²) < 4.78 is 13.6. The van der Waals surface area contributed by atoms with E-state index in [1.54, 1.807) is 6.07 Å². The number of rotatable bonds is 1. The Kier molecular flexibility index (Phi) is 2.67. The van der Waals surface area contributed by atoms with E-state index < -0.39 is 0 Å². The highest BCUT2D eigenvalue weighted by Crippen LogP contribution is 2.40. The van der Waals surface area contributed by atoms with E-state index in [0.29, 0.717) is 10.0 Å². The molecule has 2 aromatic rings. The van der Waals surface area contributed by atoms with Gasteiger partial charge >= 0.3 is 0 Å². The molecule has 0 fully saturated rings. The second kappa shape index (κ2) is 3.83. The molecule has 1 aromatic carbocycles. The molecule has 0 saturated heterocycles. The van der Waals surface area contributed by atoms with Crippen LogP contribution in [0.15, 0.2) is 24.3 Å². The second-order valence-corrected chi connectivity index (χ2v) is 4.88. The molecule has 4 heteroatoms. The van der Waals surface area contributed by atoms with Gasteiger partial charge in [0.25, 0.3) is 0 Å². The first-order chi connectivity index (χ1) is 7.09. The van der Waals surface area contributed by atoms with Crippen LogP contribution in [0.25, 0.3) is 10.4 Å². The molecule has 0 spiro atoms. The molecule has 1 heterocycles. The summed E-state index contributed by atoms with van der Waals surface area (Å²) in [5.74, 6) is -0.255. The molecule has 1 nitrogen and oxygen atoms in total. The number of hydrogen-bond donors (Lipinski definition) is 1. The average molecular weight is 242 g/mol. The van der Waals surface area contributed by atoms with Crippen molar-refractivity contribution < 1.29 is 4.39 Å². The van der Waals surface area contributed by atoms with Crippen LogP contribution in [0.5, 0.6) is 0 Å². The van der Waals surface area contributed by atoms with Gasteiger partial charge < -0.3 is 5.73 Å². The minimum absolute atomic E-state index is 0.255. The molecule has 0 saturated carbocycles. The maximum Gasteiger partial charge on any atom is 0.123 e. The van der Waals surface area contributed by atoms with Gasteiger partial charge in [-0.3, -0.25) is 0 Å². The molecule has 0 aliphatic heterocycles.